The Hall–Kier alpha value is -0.810. The Bertz CT molecular complexity index is 317. The zero-order valence-electron chi connectivity index (χ0n) is 10.6. The molecule has 0 aromatic carbocycles. The van der Waals surface area contributed by atoms with Gasteiger partial charge in [-0.2, -0.15) is 0 Å². The molecule has 0 unspecified atom stereocenters. The largest absolute Gasteiger partial charge is 0.368 e. The van der Waals surface area contributed by atoms with E-state index in [9.17, 15) is 0 Å². The van der Waals surface area contributed by atoms with E-state index >= 15 is 0 Å². The number of nitrogens with two attached hydrogens (primary N) is 1. The predicted molar refractivity (Wildman–Crippen MR) is 74.2 cm³/mol. The quantitative estimate of drug-likeness (QED) is 0.423. The van der Waals surface area contributed by atoms with E-state index in [2.05, 4.69) is 29.1 Å². The summed E-state index contributed by atoms with van der Waals surface area (Å²) in [6.07, 6.45) is 5.42. The first-order valence-corrected chi connectivity index (χ1v) is 7.12. The minimum atomic E-state index is 0.358. The molecule has 0 aliphatic rings. The fraction of sp³-hybridized carbons (Fsp3) is 0.667. The number of thioether (sulfide) groups is 1. The molecule has 1 rings (SSSR count). The highest BCUT2D eigenvalue weighted by Crippen LogP contribution is 2.16. The summed E-state index contributed by atoms with van der Waals surface area (Å²) in [6, 6.07) is 2.50. The Morgan fingerprint density at radius 2 is 2.18 bits per heavy atom. The van der Waals surface area contributed by atoms with Crippen LogP contribution in [0.4, 0.5) is 5.95 Å². The number of nitrogens with one attached hydrogen (secondary N) is 1. The lowest BCUT2D eigenvalue weighted by Crippen LogP contribution is -2.23. The summed E-state index contributed by atoms with van der Waals surface area (Å²) in [6.45, 7) is 5.47. The van der Waals surface area contributed by atoms with E-state index in [1.165, 1.54) is 19.3 Å². The van der Waals surface area contributed by atoms with Gasteiger partial charge in [0.05, 0.1) is 0 Å². The molecule has 0 atom stereocenters. The minimum Gasteiger partial charge on any atom is -0.368 e. The molecular formula is C12H22N4S. The number of nitrogen functional groups attached to an aromatic ring is 1. The van der Waals surface area contributed by atoms with Gasteiger partial charge in [-0.15, -0.1) is 11.8 Å². The van der Waals surface area contributed by atoms with E-state index in [0.29, 0.717) is 12.0 Å². The molecule has 4 nitrogen and oxygen atoms in total. The van der Waals surface area contributed by atoms with Gasteiger partial charge in [-0.25, -0.2) is 9.97 Å². The van der Waals surface area contributed by atoms with Crippen LogP contribution in [-0.4, -0.2) is 28.3 Å². The summed E-state index contributed by atoms with van der Waals surface area (Å²) >= 11 is 1.75. The van der Waals surface area contributed by atoms with Gasteiger partial charge in [-0.3, -0.25) is 0 Å². The number of nitrogens with zero attached hydrogens (tertiary/aromatic N) is 2. The molecule has 0 aliphatic carbocycles. The second-order valence-electron chi connectivity index (χ2n) is 4.27. The van der Waals surface area contributed by atoms with Gasteiger partial charge in [0, 0.05) is 12.2 Å². The molecular weight excluding hydrogens is 232 g/mol. The molecule has 0 saturated carbocycles. The van der Waals surface area contributed by atoms with Crippen molar-refractivity contribution in [3.8, 4) is 0 Å². The lowest BCUT2D eigenvalue weighted by atomic mass is 10.2. The molecule has 0 amide bonds. The van der Waals surface area contributed by atoms with Crippen molar-refractivity contribution in [1.29, 1.82) is 0 Å². The SMILES string of the molecule is CC(C)NCCCCCSc1ccnc(N)n1. The van der Waals surface area contributed by atoms with Crippen LogP contribution < -0.4 is 11.1 Å². The normalized spacial score (nSPS) is 11.0. The Labute approximate surface area is 108 Å². The highest BCUT2D eigenvalue weighted by Gasteiger charge is 1.97. The van der Waals surface area contributed by atoms with Gasteiger partial charge in [0.1, 0.15) is 5.03 Å². The van der Waals surface area contributed by atoms with Crippen LogP contribution in [0.15, 0.2) is 17.3 Å². The van der Waals surface area contributed by atoms with E-state index < -0.39 is 0 Å². The van der Waals surface area contributed by atoms with Crippen LogP contribution in [0.3, 0.4) is 0 Å². The highest BCUT2D eigenvalue weighted by molar-refractivity contribution is 7.99. The third-order valence-corrected chi connectivity index (χ3v) is 3.29. The average molecular weight is 254 g/mol. The summed E-state index contributed by atoms with van der Waals surface area (Å²) in [4.78, 5) is 8.02. The zero-order valence-corrected chi connectivity index (χ0v) is 11.5. The number of hydrogen-bond acceptors (Lipinski definition) is 5. The Morgan fingerprint density at radius 1 is 1.35 bits per heavy atom. The van der Waals surface area contributed by atoms with Crippen LogP contribution in [0.5, 0.6) is 0 Å². The smallest absolute Gasteiger partial charge is 0.221 e. The number of aromatic nitrogens is 2. The zero-order chi connectivity index (χ0) is 12.5. The second kappa shape index (κ2) is 8.31. The lowest BCUT2D eigenvalue weighted by molar-refractivity contribution is 0.555. The molecule has 0 bridgehead atoms. The van der Waals surface area contributed by atoms with Gasteiger partial charge in [-0.1, -0.05) is 20.3 Å². The standard InChI is InChI=1S/C12H22N4S/c1-10(2)14-7-4-3-5-9-17-11-6-8-15-12(13)16-11/h6,8,10,14H,3-5,7,9H2,1-2H3,(H2,13,15,16). The molecule has 0 fully saturated rings. The van der Waals surface area contributed by atoms with Crippen molar-refractivity contribution in [3.05, 3.63) is 12.3 Å². The van der Waals surface area contributed by atoms with Gasteiger partial charge in [-0.05, 0) is 31.2 Å². The Balaban J connectivity index is 2.01. The summed E-state index contributed by atoms with van der Waals surface area (Å²) in [5.74, 6) is 1.45. The van der Waals surface area contributed by atoms with Crippen LogP contribution >= 0.6 is 11.8 Å². The number of anilines is 1. The van der Waals surface area contributed by atoms with E-state index in [1.807, 2.05) is 6.07 Å². The maximum atomic E-state index is 5.51. The van der Waals surface area contributed by atoms with Gasteiger partial charge >= 0.3 is 0 Å². The van der Waals surface area contributed by atoms with E-state index in [0.717, 1.165) is 17.3 Å². The molecule has 96 valence electrons. The van der Waals surface area contributed by atoms with Crippen LogP contribution in [0.2, 0.25) is 0 Å². The fourth-order valence-corrected chi connectivity index (χ4v) is 2.28. The van der Waals surface area contributed by atoms with Crippen LogP contribution in [0.25, 0.3) is 0 Å². The summed E-state index contributed by atoms with van der Waals surface area (Å²) in [5.41, 5.74) is 5.51. The maximum Gasteiger partial charge on any atom is 0.221 e. The molecule has 0 radical (unpaired) electrons. The molecule has 3 N–H and O–H groups in total. The van der Waals surface area contributed by atoms with E-state index in [-0.39, 0.29) is 0 Å². The highest BCUT2D eigenvalue weighted by atomic mass is 32.2. The summed E-state index contributed by atoms with van der Waals surface area (Å²) < 4.78 is 0. The first kappa shape index (κ1) is 14.3. The first-order valence-electron chi connectivity index (χ1n) is 6.13. The van der Waals surface area contributed by atoms with Crippen molar-refractivity contribution in [2.24, 2.45) is 0 Å². The van der Waals surface area contributed by atoms with Gasteiger partial charge in [0.2, 0.25) is 5.95 Å². The topological polar surface area (TPSA) is 63.8 Å². The minimum absolute atomic E-state index is 0.358. The molecule has 17 heavy (non-hydrogen) atoms. The van der Waals surface area contributed by atoms with Gasteiger partial charge < -0.3 is 11.1 Å². The summed E-state index contributed by atoms with van der Waals surface area (Å²) in [7, 11) is 0. The monoisotopic (exact) mass is 254 g/mol. The molecule has 1 aromatic rings. The van der Waals surface area contributed by atoms with E-state index in [4.69, 9.17) is 5.73 Å². The van der Waals surface area contributed by atoms with Crippen molar-refractivity contribution in [2.75, 3.05) is 18.0 Å². The average Bonchev–Trinajstić information content (AvgIpc) is 2.27. The second-order valence-corrected chi connectivity index (χ2v) is 5.39. The first-order chi connectivity index (χ1) is 8.18. The van der Waals surface area contributed by atoms with Crippen molar-refractivity contribution in [3.63, 3.8) is 0 Å². The molecule has 5 heteroatoms. The van der Waals surface area contributed by atoms with Crippen molar-refractivity contribution in [1.82, 2.24) is 15.3 Å². The number of hydrogen-bond donors (Lipinski definition) is 2. The van der Waals surface area contributed by atoms with E-state index in [1.54, 1.807) is 18.0 Å². The van der Waals surface area contributed by atoms with Crippen LogP contribution in [0, 0.1) is 0 Å². The number of rotatable bonds is 8. The maximum absolute atomic E-state index is 5.51. The van der Waals surface area contributed by atoms with Crippen LogP contribution in [0.1, 0.15) is 33.1 Å². The third-order valence-electron chi connectivity index (χ3n) is 2.27. The molecule has 0 aliphatic heterocycles. The van der Waals surface area contributed by atoms with Crippen molar-refractivity contribution >= 4 is 17.7 Å². The summed E-state index contributed by atoms with van der Waals surface area (Å²) in [5, 5.41) is 4.39. The van der Waals surface area contributed by atoms with Crippen LogP contribution in [-0.2, 0) is 0 Å². The Kier molecular flexibility index (Phi) is 6.96. The van der Waals surface area contributed by atoms with Crippen molar-refractivity contribution < 1.29 is 0 Å². The molecule has 0 spiro atoms. The predicted octanol–water partition coefficient (Wildman–Crippen LogP) is 2.32. The molecule has 1 aromatic heterocycles. The van der Waals surface area contributed by atoms with Gasteiger partial charge in [0.25, 0.3) is 0 Å². The number of unbranched alkanes of at least 4 members (excludes halogenated alkanes) is 2. The lowest BCUT2D eigenvalue weighted by Gasteiger charge is -2.07. The molecule has 0 saturated heterocycles. The Morgan fingerprint density at radius 3 is 2.88 bits per heavy atom. The third kappa shape index (κ3) is 7.18. The molecule has 1 heterocycles. The van der Waals surface area contributed by atoms with Gasteiger partial charge in [0.15, 0.2) is 0 Å². The van der Waals surface area contributed by atoms with Crippen molar-refractivity contribution in [2.45, 2.75) is 44.2 Å². The fourth-order valence-electron chi connectivity index (χ4n) is 1.41.